The second kappa shape index (κ2) is 8.39. The number of carbonyl (C=O) groups excluding carboxylic acids is 1. The van der Waals surface area contributed by atoms with Gasteiger partial charge in [-0.2, -0.15) is 4.31 Å². The van der Waals surface area contributed by atoms with Crippen molar-refractivity contribution >= 4 is 21.6 Å². The van der Waals surface area contributed by atoms with Crippen molar-refractivity contribution in [1.29, 1.82) is 0 Å². The maximum Gasteiger partial charge on any atom is 0.255 e. The van der Waals surface area contributed by atoms with Gasteiger partial charge in [0.25, 0.3) is 5.91 Å². The summed E-state index contributed by atoms with van der Waals surface area (Å²) in [4.78, 5) is 12.2. The van der Waals surface area contributed by atoms with Gasteiger partial charge in [0.1, 0.15) is 10.7 Å². The zero-order chi connectivity index (χ0) is 21.1. The number of rotatable bonds is 5. The molecular weight excluding hydrogens is 409 g/mol. The molecule has 0 atom stereocenters. The number of nitrogens with zero attached hydrogens (tertiary/aromatic N) is 2. The Bertz CT molecular complexity index is 1160. The third kappa shape index (κ3) is 4.13. The van der Waals surface area contributed by atoms with Gasteiger partial charge in [0.2, 0.25) is 10.0 Å². The van der Waals surface area contributed by atoms with Gasteiger partial charge in [0, 0.05) is 42.4 Å². The number of amides is 1. The highest BCUT2D eigenvalue weighted by Crippen LogP contribution is 2.24. The van der Waals surface area contributed by atoms with Crippen LogP contribution in [0.4, 0.5) is 10.1 Å². The summed E-state index contributed by atoms with van der Waals surface area (Å²) < 4.78 is 48.2. The topological polar surface area (TPSA) is 80.6 Å². The van der Waals surface area contributed by atoms with Crippen LogP contribution in [0.5, 0.6) is 0 Å². The fourth-order valence-electron chi connectivity index (χ4n) is 3.22. The lowest BCUT2D eigenvalue weighted by Crippen LogP contribution is -2.40. The Morgan fingerprint density at radius 2 is 1.73 bits per heavy atom. The number of nitrogens with one attached hydrogen (secondary N) is 1. The van der Waals surface area contributed by atoms with Crippen molar-refractivity contribution in [2.45, 2.75) is 4.90 Å². The number of carbonyl (C=O) groups is 1. The van der Waals surface area contributed by atoms with Crippen molar-refractivity contribution in [1.82, 2.24) is 8.87 Å². The average molecular weight is 429 g/mol. The first kappa shape index (κ1) is 20.3. The predicted octanol–water partition coefficient (Wildman–Crippen LogP) is 2.89. The molecule has 0 aliphatic carbocycles. The van der Waals surface area contributed by atoms with E-state index < -0.39 is 26.6 Å². The molecule has 156 valence electrons. The number of ether oxygens (including phenoxy) is 1. The Morgan fingerprint density at radius 1 is 1.00 bits per heavy atom. The maximum atomic E-state index is 14.3. The minimum atomic E-state index is -4.03. The van der Waals surface area contributed by atoms with Crippen molar-refractivity contribution in [2.75, 3.05) is 31.6 Å². The molecule has 2 aromatic carbocycles. The SMILES string of the molecule is O=C(Nc1ccc(F)c(S(=O)(=O)N2CCOCC2)c1)c1cccc(-n2cccc2)c1. The largest absolute Gasteiger partial charge is 0.379 e. The molecule has 1 fully saturated rings. The van der Waals surface area contributed by atoms with E-state index in [1.165, 1.54) is 10.4 Å². The van der Waals surface area contributed by atoms with Crippen LogP contribution in [0.1, 0.15) is 10.4 Å². The first-order valence-corrected chi connectivity index (χ1v) is 10.8. The van der Waals surface area contributed by atoms with Gasteiger partial charge in [0.05, 0.1) is 13.2 Å². The van der Waals surface area contributed by atoms with E-state index in [4.69, 9.17) is 4.74 Å². The van der Waals surface area contributed by atoms with E-state index in [1.807, 2.05) is 35.2 Å². The zero-order valence-corrected chi connectivity index (χ0v) is 16.8. The second-order valence-electron chi connectivity index (χ2n) is 6.76. The van der Waals surface area contributed by atoms with E-state index in [0.717, 1.165) is 17.8 Å². The lowest BCUT2D eigenvalue weighted by Gasteiger charge is -2.26. The van der Waals surface area contributed by atoms with Crippen LogP contribution in [0.2, 0.25) is 0 Å². The predicted molar refractivity (Wildman–Crippen MR) is 110 cm³/mol. The summed E-state index contributed by atoms with van der Waals surface area (Å²) in [6.45, 7) is 0.832. The van der Waals surface area contributed by atoms with Gasteiger partial charge in [-0.25, -0.2) is 12.8 Å². The standard InChI is InChI=1S/C21H20FN3O4S/c22-19-7-6-17(15-20(19)30(27,28)25-10-12-29-13-11-25)23-21(26)16-4-3-5-18(14-16)24-8-1-2-9-24/h1-9,14-15H,10-13H2,(H,23,26). The highest BCUT2D eigenvalue weighted by molar-refractivity contribution is 7.89. The van der Waals surface area contributed by atoms with Gasteiger partial charge in [-0.1, -0.05) is 6.07 Å². The van der Waals surface area contributed by atoms with Gasteiger partial charge in [-0.3, -0.25) is 4.79 Å². The van der Waals surface area contributed by atoms with E-state index in [-0.39, 0.29) is 32.0 Å². The Hall–Kier alpha value is -3.01. The Balaban J connectivity index is 1.58. The van der Waals surface area contributed by atoms with Crippen molar-refractivity contribution in [3.63, 3.8) is 0 Å². The molecule has 0 spiro atoms. The molecule has 1 aromatic heterocycles. The fourth-order valence-corrected chi connectivity index (χ4v) is 4.72. The third-order valence-corrected chi connectivity index (χ3v) is 6.70. The molecule has 2 heterocycles. The molecule has 3 aromatic rings. The van der Waals surface area contributed by atoms with Crippen molar-refractivity contribution < 1.29 is 22.3 Å². The van der Waals surface area contributed by atoms with Crippen LogP contribution in [0.25, 0.3) is 5.69 Å². The summed E-state index contributed by atoms with van der Waals surface area (Å²) in [6, 6.07) is 14.3. The summed E-state index contributed by atoms with van der Waals surface area (Å²) >= 11 is 0. The van der Waals surface area contributed by atoms with E-state index in [9.17, 15) is 17.6 Å². The van der Waals surface area contributed by atoms with Crippen molar-refractivity contribution in [3.8, 4) is 5.69 Å². The molecule has 7 nitrogen and oxygen atoms in total. The summed E-state index contributed by atoms with van der Waals surface area (Å²) in [5.41, 5.74) is 1.39. The lowest BCUT2D eigenvalue weighted by atomic mass is 10.2. The van der Waals surface area contributed by atoms with Crippen LogP contribution >= 0.6 is 0 Å². The number of sulfonamides is 1. The van der Waals surface area contributed by atoms with Gasteiger partial charge >= 0.3 is 0 Å². The number of benzene rings is 2. The van der Waals surface area contributed by atoms with Crippen LogP contribution in [-0.4, -0.2) is 49.5 Å². The summed E-state index contributed by atoms with van der Waals surface area (Å²) in [7, 11) is -4.03. The smallest absolute Gasteiger partial charge is 0.255 e. The first-order valence-electron chi connectivity index (χ1n) is 9.37. The molecule has 0 saturated carbocycles. The minimum absolute atomic E-state index is 0.157. The fraction of sp³-hybridized carbons (Fsp3) is 0.190. The van der Waals surface area contributed by atoms with Crippen LogP contribution in [0.15, 0.2) is 71.9 Å². The number of hydrogen-bond donors (Lipinski definition) is 1. The number of hydrogen-bond acceptors (Lipinski definition) is 4. The Labute approximate surface area is 173 Å². The number of morpholine rings is 1. The van der Waals surface area contributed by atoms with Crippen molar-refractivity contribution in [3.05, 3.63) is 78.4 Å². The molecule has 1 saturated heterocycles. The number of aromatic nitrogens is 1. The van der Waals surface area contributed by atoms with Crippen molar-refractivity contribution in [2.24, 2.45) is 0 Å². The van der Waals surface area contributed by atoms with Gasteiger partial charge in [0.15, 0.2) is 0 Å². The third-order valence-electron chi connectivity index (χ3n) is 4.79. The molecule has 0 radical (unpaired) electrons. The molecule has 9 heteroatoms. The molecule has 0 unspecified atom stereocenters. The van der Waals surface area contributed by atoms with Crippen LogP contribution in [0, 0.1) is 5.82 Å². The van der Waals surface area contributed by atoms with Gasteiger partial charge in [-0.05, 0) is 48.5 Å². The molecule has 4 rings (SSSR count). The highest BCUT2D eigenvalue weighted by Gasteiger charge is 2.29. The minimum Gasteiger partial charge on any atom is -0.379 e. The molecule has 30 heavy (non-hydrogen) atoms. The monoisotopic (exact) mass is 429 g/mol. The Kier molecular flexibility index (Phi) is 5.67. The van der Waals surface area contributed by atoms with Gasteiger partial charge < -0.3 is 14.6 Å². The van der Waals surface area contributed by atoms with E-state index >= 15 is 0 Å². The molecule has 1 N–H and O–H groups in total. The first-order chi connectivity index (χ1) is 14.4. The van der Waals surface area contributed by atoms with Crippen LogP contribution in [0.3, 0.4) is 0 Å². The maximum absolute atomic E-state index is 14.3. The Morgan fingerprint density at radius 3 is 2.47 bits per heavy atom. The molecule has 1 aliphatic rings. The average Bonchev–Trinajstić information content (AvgIpc) is 3.31. The quantitative estimate of drug-likeness (QED) is 0.676. The van der Waals surface area contributed by atoms with Gasteiger partial charge in [-0.15, -0.1) is 0 Å². The van der Waals surface area contributed by atoms with E-state index in [0.29, 0.717) is 5.56 Å². The zero-order valence-electron chi connectivity index (χ0n) is 16.0. The summed E-state index contributed by atoms with van der Waals surface area (Å²) in [5.74, 6) is -1.29. The molecular formula is C21H20FN3O4S. The number of halogens is 1. The number of anilines is 1. The molecule has 1 amide bonds. The summed E-state index contributed by atoms with van der Waals surface area (Å²) in [5, 5.41) is 2.65. The normalized spacial score (nSPS) is 15.1. The second-order valence-corrected chi connectivity index (χ2v) is 8.66. The summed E-state index contributed by atoms with van der Waals surface area (Å²) in [6.07, 6.45) is 3.72. The van der Waals surface area contributed by atoms with Crippen LogP contribution in [-0.2, 0) is 14.8 Å². The molecule has 1 aliphatic heterocycles. The molecule has 0 bridgehead atoms. The lowest BCUT2D eigenvalue weighted by molar-refractivity contribution is 0.0729. The van der Waals surface area contributed by atoms with E-state index in [1.54, 1.807) is 18.2 Å². The van der Waals surface area contributed by atoms with Crippen LogP contribution < -0.4 is 5.32 Å². The van der Waals surface area contributed by atoms with E-state index in [2.05, 4.69) is 5.32 Å². The highest BCUT2D eigenvalue weighted by atomic mass is 32.2.